The van der Waals surface area contributed by atoms with Crippen LogP contribution in [-0.2, 0) is 5.41 Å². The first-order valence-corrected chi connectivity index (χ1v) is 11.0. The van der Waals surface area contributed by atoms with Crippen LogP contribution in [0.25, 0.3) is 0 Å². The topological polar surface area (TPSA) is 63.6 Å². The first-order valence-electron chi connectivity index (χ1n) is 11.0. The van der Waals surface area contributed by atoms with Crippen LogP contribution in [0, 0.1) is 29.6 Å². The van der Waals surface area contributed by atoms with Crippen LogP contribution in [0.5, 0.6) is 5.75 Å². The fourth-order valence-corrected chi connectivity index (χ4v) is 6.60. The van der Waals surface area contributed by atoms with Crippen LogP contribution in [-0.4, -0.2) is 24.0 Å². The van der Waals surface area contributed by atoms with E-state index in [2.05, 4.69) is 11.8 Å². The molecule has 6 rings (SSSR count). The maximum atomic E-state index is 12.9. The number of carboxylic acids is 1. The van der Waals surface area contributed by atoms with E-state index in [1.807, 2.05) is 12.1 Å². The third-order valence-corrected chi connectivity index (χ3v) is 7.52. The lowest BCUT2D eigenvalue weighted by Crippen LogP contribution is -2.48. The lowest BCUT2D eigenvalue weighted by molar-refractivity contribution is -0.00617. The Morgan fingerprint density at radius 2 is 1.52 bits per heavy atom. The number of Topliss-reactive ketones (excluding diaryl/α,β-unsaturated/α-hetero) is 1. The molecule has 0 spiro atoms. The molecule has 158 valence electrons. The molecule has 0 atom stereocenters. The van der Waals surface area contributed by atoms with E-state index in [0.717, 1.165) is 23.5 Å². The summed E-state index contributed by atoms with van der Waals surface area (Å²) in [4.78, 5) is 23.8. The van der Waals surface area contributed by atoms with Crippen LogP contribution >= 0.6 is 0 Å². The molecule has 2 aromatic carbocycles. The number of hydrogen-bond donors (Lipinski definition) is 1. The Hall–Kier alpha value is -3.06. The average Bonchev–Trinajstić information content (AvgIpc) is 2.76. The van der Waals surface area contributed by atoms with Gasteiger partial charge in [-0.05, 0) is 110 Å². The minimum absolute atomic E-state index is 0.135. The van der Waals surface area contributed by atoms with Crippen molar-refractivity contribution in [2.24, 2.45) is 17.8 Å². The molecule has 4 heteroatoms. The van der Waals surface area contributed by atoms with Crippen LogP contribution in [0.15, 0.2) is 42.5 Å². The van der Waals surface area contributed by atoms with Crippen molar-refractivity contribution in [2.75, 3.05) is 7.11 Å². The Morgan fingerprint density at radius 3 is 2.06 bits per heavy atom. The summed E-state index contributed by atoms with van der Waals surface area (Å²) >= 11 is 0. The van der Waals surface area contributed by atoms with Gasteiger partial charge in [0.2, 0.25) is 5.78 Å². The van der Waals surface area contributed by atoms with Crippen molar-refractivity contribution < 1.29 is 19.4 Å². The first kappa shape index (κ1) is 19.9. The Labute approximate surface area is 182 Å². The average molecular weight is 415 g/mol. The quantitative estimate of drug-likeness (QED) is 0.559. The second-order valence-electron chi connectivity index (χ2n) is 9.57. The summed E-state index contributed by atoms with van der Waals surface area (Å²) in [6, 6.07) is 12.0. The Bertz CT molecular complexity index is 1070. The van der Waals surface area contributed by atoms with E-state index in [4.69, 9.17) is 9.84 Å². The van der Waals surface area contributed by atoms with Gasteiger partial charge in [0.1, 0.15) is 5.75 Å². The molecule has 0 heterocycles. The molecule has 1 N–H and O–H groups in total. The molecule has 31 heavy (non-hydrogen) atoms. The molecule has 2 aromatic rings. The molecule has 0 amide bonds. The van der Waals surface area contributed by atoms with Gasteiger partial charge in [0.25, 0.3) is 0 Å². The maximum Gasteiger partial charge on any atom is 0.335 e. The van der Waals surface area contributed by atoms with E-state index < -0.39 is 5.97 Å². The molecular formula is C27H26O4. The first-order chi connectivity index (χ1) is 15.0. The zero-order chi connectivity index (χ0) is 21.6. The number of ether oxygens (including phenoxy) is 1. The Morgan fingerprint density at radius 1 is 0.935 bits per heavy atom. The van der Waals surface area contributed by atoms with Crippen molar-refractivity contribution in [1.29, 1.82) is 0 Å². The lowest BCUT2D eigenvalue weighted by Gasteiger charge is -2.57. The third-order valence-electron chi connectivity index (χ3n) is 7.52. The second-order valence-corrected chi connectivity index (χ2v) is 9.57. The summed E-state index contributed by atoms with van der Waals surface area (Å²) in [7, 11) is 1.71. The zero-order valence-electron chi connectivity index (χ0n) is 17.7. The van der Waals surface area contributed by atoms with Crippen LogP contribution in [0.4, 0.5) is 0 Å². The molecule has 0 aromatic heterocycles. The second kappa shape index (κ2) is 7.57. The van der Waals surface area contributed by atoms with E-state index in [-0.39, 0.29) is 16.8 Å². The van der Waals surface area contributed by atoms with Crippen molar-refractivity contribution in [1.82, 2.24) is 0 Å². The van der Waals surface area contributed by atoms with Crippen LogP contribution in [0.1, 0.15) is 70.4 Å². The summed E-state index contributed by atoms with van der Waals surface area (Å²) in [5.41, 5.74) is 2.74. The van der Waals surface area contributed by atoms with Gasteiger partial charge in [-0.15, -0.1) is 0 Å². The van der Waals surface area contributed by atoms with Gasteiger partial charge in [-0.1, -0.05) is 5.92 Å². The van der Waals surface area contributed by atoms with Crippen LogP contribution < -0.4 is 4.74 Å². The lowest BCUT2D eigenvalue weighted by atomic mass is 9.48. The SMILES string of the molecule is COc1ccc(C(=O)C#Cc2ccc(C(=O)O)cc2)cc1C12CC3CC(CC(C3)C1)C2. The number of methoxy groups -OCH3 is 1. The van der Waals surface area contributed by atoms with E-state index in [9.17, 15) is 9.59 Å². The summed E-state index contributed by atoms with van der Waals surface area (Å²) < 4.78 is 5.73. The molecule has 4 bridgehead atoms. The summed E-state index contributed by atoms with van der Waals surface area (Å²) in [5, 5.41) is 9.00. The highest BCUT2D eigenvalue weighted by Gasteiger charge is 2.52. The fraction of sp³-hybridized carbons (Fsp3) is 0.407. The standard InChI is InChI=1S/C27H26O4/c1-31-25-9-7-22(24(28)8-4-17-2-5-21(6-3-17)26(29)30)13-23(25)27-14-18-10-19(15-27)12-20(11-18)16-27/h2-3,5-7,9,13,18-20H,10-12,14-16H2,1H3,(H,29,30). The maximum absolute atomic E-state index is 12.9. The van der Waals surface area contributed by atoms with Crippen molar-refractivity contribution in [3.05, 3.63) is 64.7 Å². The van der Waals surface area contributed by atoms with Crippen molar-refractivity contribution >= 4 is 11.8 Å². The highest BCUT2D eigenvalue weighted by atomic mass is 16.5. The predicted molar refractivity (Wildman–Crippen MR) is 117 cm³/mol. The molecule has 4 fully saturated rings. The van der Waals surface area contributed by atoms with E-state index >= 15 is 0 Å². The molecule has 0 radical (unpaired) electrons. The summed E-state index contributed by atoms with van der Waals surface area (Å²) in [6.07, 6.45) is 7.71. The fourth-order valence-electron chi connectivity index (χ4n) is 6.60. The molecule has 0 unspecified atom stereocenters. The number of hydrogen-bond acceptors (Lipinski definition) is 3. The molecule has 0 saturated heterocycles. The van der Waals surface area contributed by atoms with E-state index in [0.29, 0.717) is 11.1 Å². The number of rotatable bonds is 4. The number of carbonyl (C=O) groups excluding carboxylic acids is 1. The molecule has 0 aliphatic heterocycles. The van der Waals surface area contributed by atoms with Gasteiger partial charge < -0.3 is 9.84 Å². The molecule has 4 aliphatic carbocycles. The Kier molecular flexibility index (Phi) is 4.85. The summed E-state index contributed by atoms with van der Waals surface area (Å²) in [6.45, 7) is 0. The van der Waals surface area contributed by atoms with Gasteiger partial charge in [0.05, 0.1) is 12.7 Å². The number of aromatic carboxylic acids is 1. The molecular weight excluding hydrogens is 388 g/mol. The number of benzene rings is 2. The van der Waals surface area contributed by atoms with Gasteiger partial charge in [-0.3, -0.25) is 4.79 Å². The normalized spacial score (nSPS) is 28.0. The summed E-state index contributed by atoms with van der Waals surface area (Å²) in [5.74, 6) is 7.70. The number of ketones is 1. The zero-order valence-corrected chi connectivity index (χ0v) is 17.7. The minimum atomic E-state index is -0.981. The van der Waals surface area contributed by atoms with Crippen LogP contribution in [0.3, 0.4) is 0 Å². The van der Waals surface area contributed by atoms with Crippen molar-refractivity contribution in [2.45, 2.75) is 43.9 Å². The Balaban J connectivity index is 1.44. The predicted octanol–water partition coefficient (Wildman–Crippen LogP) is 5.10. The van der Waals surface area contributed by atoms with E-state index in [1.54, 1.807) is 25.3 Å². The van der Waals surface area contributed by atoms with Gasteiger partial charge in [-0.25, -0.2) is 4.79 Å². The van der Waals surface area contributed by atoms with E-state index in [1.165, 1.54) is 56.2 Å². The molecule has 4 aliphatic rings. The van der Waals surface area contributed by atoms with Gasteiger partial charge in [-0.2, -0.15) is 0 Å². The van der Waals surface area contributed by atoms with Crippen LogP contribution in [0.2, 0.25) is 0 Å². The monoisotopic (exact) mass is 414 g/mol. The third kappa shape index (κ3) is 3.63. The van der Waals surface area contributed by atoms with Gasteiger partial charge in [0.15, 0.2) is 0 Å². The number of carboxylic acid groups (broad SMARTS) is 1. The smallest absolute Gasteiger partial charge is 0.335 e. The molecule has 4 saturated carbocycles. The van der Waals surface area contributed by atoms with Gasteiger partial charge >= 0.3 is 5.97 Å². The van der Waals surface area contributed by atoms with Crippen molar-refractivity contribution in [3.8, 4) is 17.6 Å². The van der Waals surface area contributed by atoms with Gasteiger partial charge in [0, 0.05) is 16.7 Å². The van der Waals surface area contributed by atoms with Crippen molar-refractivity contribution in [3.63, 3.8) is 0 Å². The highest BCUT2D eigenvalue weighted by Crippen LogP contribution is 2.61. The highest BCUT2D eigenvalue weighted by molar-refractivity contribution is 6.09. The molecule has 4 nitrogen and oxygen atoms in total. The number of carbonyl (C=O) groups is 2. The largest absolute Gasteiger partial charge is 0.496 e. The minimum Gasteiger partial charge on any atom is -0.496 e.